The van der Waals surface area contributed by atoms with E-state index in [1.165, 1.54) is 6.07 Å². The Morgan fingerprint density at radius 3 is 2.40 bits per heavy atom. The van der Waals surface area contributed by atoms with E-state index in [0.29, 0.717) is 13.0 Å². The molecule has 0 amide bonds. The van der Waals surface area contributed by atoms with Crippen molar-refractivity contribution < 1.29 is 17.6 Å². The third-order valence-electron chi connectivity index (χ3n) is 2.76. The van der Waals surface area contributed by atoms with Crippen molar-refractivity contribution >= 4 is 5.69 Å². The van der Waals surface area contributed by atoms with Gasteiger partial charge in [0.2, 0.25) is 0 Å². The smallest absolute Gasteiger partial charge is 0.385 e. The van der Waals surface area contributed by atoms with E-state index < -0.39 is 17.6 Å². The molecule has 0 spiro atoms. The monoisotopic (exact) mass is 284 g/mol. The van der Waals surface area contributed by atoms with Crippen LogP contribution in [0.5, 0.6) is 0 Å². The normalized spacial score (nSPS) is 11.4. The van der Waals surface area contributed by atoms with E-state index in [9.17, 15) is 17.6 Å². The first kappa shape index (κ1) is 14.3. The third kappa shape index (κ3) is 3.69. The molecule has 0 atom stereocenters. The van der Waals surface area contributed by atoms with E-state index >= 15 is 0 Å². The maximum absolute atomic E-state index is 13.1. The van der Waals surface area contributed by atoms with Gasteiger partial charge >= 0.3 is 6.18 Å². The SMILES string of the molecule is Fc1ccc(NCCc2ccncc2)cc1C(F)(F)F. The molecular weight excluding hydrogens is 272 g/mol. The number of anilines is 1. The molecule has 0 saturated heterocycles. The second-order valence-corrected chi connectivity index (χ2v) is 4.22. The van der Waals surface area contributed by atoms with Gasteiger partial charge in [-0.15, -0.1) is 0 Å². The number of aromatic nitrogens is 1. The molecule has 0 bridgehead atoms. The number of alkyl halides is 3. The number of nitrogens with one attached hydrogen (secondary N) is 1. The summed E-state index contributed by atoms with van der Waals surface area (Å²) >= 11 is 0. The highest BCUT2D eigenvalue weighted by molar-refractivity contribution is 5.47. The van der Waals surface area contributed by atoms with Gasteiger partial charge in [0.05, 0.1) is 5.56 Å². The van der Waals surface area contributed by atoms with Gasteiger partial charge in [-0.2, -0.15) is 13.2 Å². The van der Waals surface area contributed by atoms with Crippen LogP contribution in [0.4, 0.5) is 23.2 Å². The first-order valence-electron chi connectivity index (χ1n) is 5.96. The lowest BCUT2D eigenvalue weighted by atomic mass is 10.1. The Morgan fingerprint density at radius 1 is 1.05 bits per heavy atom. The highest BCUT2D eigenvalue weighted by Crippen LogP contribution is 2.32. The Kier molecular flexibility index (Phi) is 4.22. The summed E-state index contributed by atoms with van der Waals surface area (Å²) in [6.45, 7) is 0.451. The molecule has 1 N–H and O–H groups in total. The van der Waals surface area contributed by atoms with E-state index in [0.717, 1.165) is 17.7 Å². The molecule has 106 valence electrons. The van der Waals surface area contributed by atoms with Crippen LogP contribution in [0.3, 0.4) is 0 Å². The highest BCUT2D eigenvalue weighted by Gasteiger charge is 2.34. The molecule has 0 aliphatic carbocycles. The van der Waals surface area contributed by atoms with Crippen molar-refractivity contribution in [2.75, 3.05) is 11.9 Å². The quantitative estimate of drug-likeness (QED) is 0.861. The first-order chi connectivity index (χ1) is 9.47. The van der Waals surface area contributed by atoms with E-state index in [4.69, 9.17) is 0 Å². The van der Waals surface area contributed by atoms with E-state index in [-0.39, 0.29) is 5.69 Å². The van der Waals surface area contributed by atoms with E-state index in [2.05, 4.69) is 10.3 Å². The number of hydrogen-bond acceptors (Lipinski definition) is 2. The van der Waals surface area contributed by atoms with Gasteiger partial charge in [-0.05, 0) is 42.3 Å². The van der Waals surface area contributed by atoms with Gasteiger partial charge in [0.25, 0.3) is 0 Å². The van der Waals surface area contributed by atoms with Crippen molar-refractivity contribution in [2.45, 2.75) is 12.6 Å². The van der Waals surface area contributed by atoms with Gasteiger partial charge in [-0.3, -0.25) is 4.98 Å². The van der Waals surface area contributed by atoms with Crippen molar-refractivity contribution in [3.63, 3.8) is 0 Å². The number of benzene rings is 1. The number of halogens is 4. The second-order valence-electron chi connectivity index (χ2n) is 4.22. The Balaban J connectivity index is 2.00. The molecule has 2 rings (SSSR count). The van der Waals surface area contributed by atoms with Gasteiger partial charge in [0, 0.05) is 24.6 Å². The van der Waals surface area contributed by atoms with Crippen LogP contribution >= 0.6 is 0 Å². The van der Waals surface area contributed by atoms with Gasteiger partial charge in [-0.25, -0.2) is 4.39 Å². The summed E-state index contributed by atoms with van der Waals surface area (Å²) in [4.78, 5) is 3.87. The first-order valence-corrected chi connectivity index (χ1v) is 5.96. The second kappa shape index (κ2) is 5.90. The van der Waals surface area contributed by atoms with Crippen LogP contribution in [-0.2, 0) is 12.6 Å². The van der Waals surface area contributed by atoms with Crippen molar-refractivity contribution in [3.05, 3.63) is 59.7 Å². The lowest BCUT2D eigenvalue weighted by molar-refractivity contribution is -0.139. The summed E-state index contributed by atoms with van der Waals surface area (Å²) in [6.07, 6.45) is -0.752. The topological polar surface area (TPSA) is 24.9 Å². The van der Waals surface area contributed by atoms with Crippen LogP contribution in [0.25, 0.3) is 0 Å². The molecule has 2 aromatic rings. The number of pyridine rings is 1. The molecular formula is C14H12F4N2. The summed E-state index contributed by atoms with van der Waals surface area (Å²) in [7, 11) is 0. The van der Waals surface area contributed by atoms with Gasteiger partial charge in [0.15, 0.2) is 0 Å². The van der Waals surface area contributed by atoms with Crippen molar-refractivity contribution in [1.82, 2.24) is 4.98 Å². The molecule has 0 aliphatic heterocycles. The van der Waals surface area contributed by atoms with Crippen LogP contribution in [0, 0.1) is 5.82 Å². The molecule has 2 nitrogen and oxygen atoms in total. The van der Waals surface area contributed by atoms with Gasteiger partial charge < -0.3 is 5.32 Å². The van der Waals surface area contributed by atoms with Crippen LogP contribution in [0.2, 0.25) is 0 Å². The Hall–Kier alpha value is -2.11. The Morgan fingerprint density at radius 2 is 1.75 bits per heavy atom. The Bertz CT molecular complexity index is 567. The fraction of sp³-hybridized carbons (Fsp3) is 0.214. The zero-order valence-corrected chi connectivity index (χ0v) is 10.4. The molecule has 20 heavy (non-hydrogen) atoms. The number of hydrogen-bond donors (Lipinski definition) is 1. The summed E-state index contributed by atoms with van der Waals surface area (Å²) in [5, 5.41) is 2.85. The fourth-order valence-corrected chi connectivity index (χ4v) is 1.75. The molecule has 1 aromatic carbocycles. The molecule has 6 heteroatoms. The zero-order chi connectivity index (χ0) is 14.6. The molecule has 1 aromatic heterocycles. The molecule has 0 aliphatic rings. The summed E-state index contributed by atoms with van der Waals surface area (Å²) in [5.41, 5.74) is 0.00449. The zero-order valence-electron chi connectivity index (χ0n) is 10.4. The van der Waals surface area contributed by atoms with Crippen LogP contribution < -0.4 is 5.32 Å². The lowest BCUT2D eigenvalue weighted by Crippen LogP contribution is -2.10. The van der Waals surface area contributed by atoms with Crippen LogP contribution in [-0.4, -0.2) is 11.5 Å². The molecule has 1 heterocycles. The number of nitrogens with zero attached hydrogens (tertiary/aromatic N) is 1. The van der Waals surface area contributed by atoms with Crippen molar-refractivity contribution in [2.24, 2.45) is 0 Å². The highest BCUT2D eigenvalue weighted by atomic mass is 19.4. The predicted molar refractivity (Wildman–Crippen MR) is 67.8 cm³/mol. The minimum Gasteiger partial charge on any atom is -0.385 e. The molecule has 0 unspecified atom stereocenters. The molecule has 0 saturated carbocycles. The lowest BCUT2D eigenvalue weighted by Gasteiger charge is -2.11. The predicted octanol–water partition coefficient (Wildman–Crippen LogP) is 3.89. The summed E-state index contributed by atoms with van der Waals surface area (Å²) in [5.74, 6) is -1.27. The largest absolute Gasteiger partial charge is 0.419 e. The maximum atomic E-state index is 13.1. The maximum Gasteiger partial charge on any atom is 0.419 e. The van der Waals surface area contributed by atoms with E-state index in [1.54, 1.807) is 12.4 Å². The molecule has 0 radical (unpaired) electrons. The Labute approximate surface area is 113 Å². The number of rotatable bonds is 4. The third-order valence-corrected chi connectivity index (χ3v) is 2.76. The van der Waals surface area contributed by atoms with Crippen molar-refractivity contribution in [3.8, 4) is 0 Å². The summed E-state index contributed by atoms with van der Waals surface area (Å²) in [6, 6.07) is 6.54. The summed E-state index contributed by atoms with van der Waals surface area (Å²) < 4.78 is 50.7. The van der Waals surface area contributed by atoms with Crippen LogP contribution in [0.15, 0.2) is 42.7 Å². The standard InChI is InChI=1S/C14H12F4N2/c15-13-2-1-11(9-12(13)14(16,17)18)20-8-5-10-3-6-19-7-4-10/h1-4,6-7,9,20H,5,8H2. The minimum atomic E-state index is -4.69. The average Bonchev–Trinajstić information content (AvgIpc) is 2.40. The van der Waals surface area contributed by atoms with Crippen molar-refractivity contribution in [1.29, 1.82) is 0 Å². The minimum absolute atomic E-state index is 0.243. The van der Waals surface area contributed by atoms with E-state index in [1.807, 2.05) is 12.1 Å². The fourth-order valence-electron chi connectivity index (χ4n) is 1.75. The average molecular weight is 284 g/mol. The van der Waals surface area contributed by atoms with Gasteiger partial charge in [-0.1, -0.05) is 0 Å². The molecule has 0 fully saturated rings. The van der Waals surface area contributed by atoms with Crippen LogP contribution in [0.1, 0.15) is 11.1 Å². The van der Waals surface area contributed by atoms with Gasteiger partial charge in [0.1, 0.15) is 5.82 Å².